The third-order valence-electron chi connectivity index (χ3n) is 4.70. The van der Waals surface area contributed by atoms with Crippen molar-refractivity contribution >= 4 is 22.8 Å². The van der Waals surface area contributed by atoms with E-state index in [9.17, 15) is 4.79 Å². The van der Waals surface area contributed by atoms with Crippen LogP contribution in [0.25, 0.3) is 11.0 Å². The van der Waals surface area contributed by atoms with Crippen LogP contribution in [0, 0.1) is 0 Å². The summed E-state index contributed by atoms with van der Waals surface area (Å²) < 4.78 is 13.4. The Morgan fingerprint density at radius 3 is 2.76 bits per heavy atom. The number of hydrogen-bond donors (Lipinski definition) is 2. The van der Waals surface area contributed by atoms with Crippen molar-refractivity contribution in [3.63, 3.8) is 0 Å². The van der Waals surface area contributed by atoms with Crippen molar-refractivity contribution in [2.24, 2.45) is 0 Å². The number of nitrogens with zero attached hydrogens (tertiary/aromatic N) is 4. The Labute approximate surface area is 168 Å². The Bertz CT molecular complexity index is 1000. The van der Waals surface area contributed by atoms with E-state index in [4.69, 9.17) is 9.47 Å². The van der Waals surface area contributed by atoms with Gasteiger partial charge in [-0.05, 0) is 25.5 Å². The minimum Gasteiger partial charge on any atom is -0.482 e. The molecule has 1 amide bonds. The normalized spacial score (nSPS) is 17.9. The van der Waals surface area contributed by atoms with Gasteiger partial charge in [-0.3, -0.25) is 4.79 Å². The molecule has 2 atom stereocenters. The number of benzene rings is 1. The van der Waals surface area contributed by atoms with Gasteiger partial charge in [0.1, 0.15) is 18.2 Å². The highest BCUT2D eigenvalue weighted by Crippen LogP contribution is 2.33. The van der Waals surface area contributed by atoms with E-state index in [1.54, 1.807) is 16.9 Å². The van der Waals surface area contributed by atoms with Crippen LogP contribution in [-0.2, 0) is 11.3 Å². The van der Waals surface area contributed by atoms with Gasteiger partial charge in [-0.15, -0.1) is 0 Å². The number of nitrogens with one attached hydrogen (secondary N) is 2. The van der Waals surface area contributed by atoms with E-state index in [0.29, 0.717) is 24.6 Å². The fourth-order valence-corrected chi connectivity index (χ4v) is 3.23. The molecule has 9 nitrogen and oxygen atoms in total. The molecule has 0 fully saturated rings. The van der Waals surface area contributed by atoms with Crippen molar-refractivity contribution in [3.05, 3.63) is 36.8 Å². The number of fused-ring (bicyclic) bond motifs is 2. The van der Waals surface area contributed by atoms with Crippen LogP contribution < -0.4 is 20.1 Å². The molecule has 3 heterocycles. The molecule has 152 valence electrons. The number of para-hydroxylation sites is 2. The van der Waals surface area contributed by atoms with Crippen LogP contribution >= 0.6 is 0 Å². The number of carbonyl (C=O) groups is 1. The summed E-state index contributed by atoms with van der Waals surface area (Å²) in [7, 11) is 0. The van der Waals surface area contributed by atoms with Crippen molar-refractivity contribution in [3.8, 4) is 11.5 Å². The smallest absolute Gasteiger partial charge is 0.265 e. The maximum absolute atomic E-state index is 12.6. The van der Waals surface area contributed by atoms with Crippen LogP contribution in [0.5, 0.6) is 11.5 Å². The molecule has 2 N–H and O–H groups in total. The average molecular weight is 396 g/mol. The van der Waals surface area contributed by atoms with Crippen LogP contribution in [0.3, 0.4) is 0 Å². The van der Waals surface area contributed by atoms with Crippen molar-refractivity contribution < 1.29 is 14.3 Å². The fourth-order valence-electron chi connectivity index (χ4n) is 3.23. The molecule has 9 heteroatoms. The molecule has 3 aromatic rings. The fraction of sp³-hybridized carbons (Fsp3) is 0.400. The van der Waals surface area contributed by atoms with E-state index in [-0.39, 0.29) is 12.0 Å². The van der Waals surface area contributed by atoms with Gasteiger partial charge in [0.2, 0.25) is 6.10 Å². The summed E-state index contributed by atoms with van der Waals surface area (Å²) in [4.78, 5) is 21.2. The average Bonchev–Trinajstić information content (AvgIpc) is 3.15. The van der Waals surface area contributed by atoms with Gasteiger partial charge >= 0.3 is 0 Å². The van der Waals surface area contributed by atoms with Gasteiger partial charge in [-0.2, -0.15) is 5.10 Å². The molecule has 0 aliphatic carbocycles. The van der Waals surface area contributed by atoms with Crippen molar-refractivity contribution in [1.82, 2.24) is 25.1 Å². The van der Waals surface area contributed by atoms with E-state index in [2.05, 4.69) is 32.6 Å². The summed E-state index contributed by atoms with van der Waals surface area (Å²) in [5.41, 5.74) is 0.729. The van der Waals surface area contributed by atoms with Gasteiger partial charge in [0, 0.05) is 13.1 Å². The minimum absolute atomic E-state index is 0.219. The summed E-state index contributed by atoms with van der Waals surface area (Å²) >= 11 is 0. The predicted molar refractivity (Wildman–Crippen MR) is 108 cm³/mol. The quantitative estimate of drug-likeness (QED) is 0.629. The first-order valence-electron chi connectivity index (χ1n) is 9.78. The number of hydrogen-bond acceptors (Lipinski definition) is 7. The maximum atomic E-state index is 12.6. The van der Waals surface area contributed by atoms with E-state index in [0.717, 1.165) is 29.8 Å². The van der Waals surface area contributed by atoms with Crippen LogP contribution in [0.4, 0.5) is 5.82 Å². The Balaban J connectivity index is 1.37. The number of ether oxygens (including phenoxy) is 2. The molecule has 2 aromatic heterocycles. The zero-order valence-corrected chi connectivity index (χ0v) is 16.5. The first-order chi connectivity index (χ1) is 14.2. The lowest BCUT2D eigenvalue weighted by atomic mass is 10.1. The molecule has 1 aliphatic heterocycles. The van der Waals surface area contributed by atoms with Crippen LogP contribution in [0.2, 0.25) is 0 Å². The van der Waals surface area contributed by atoms with E-state index >= 15 is 0 Å². The highest BCUT2D eigenvalue weighted by molar-refractivity contribution is 5.86. The van der Waals surface area contributed by atoms with E-state index in [1.807, 2.05) is 25.1 Å². The monoisotopic (exact) mass is 396 g/mol. The lowest BCUT2D eigenvalue weighted by molar-refractivity contribution is -0.133. The topological polar surface area (TPSA) is 103 Å². The minimum atomic E-state index is -0.702. The highest BCUT2D eigenvalue weighted by atomic mass is 16.6. The van der Waals surface area contributed by atoms with Crippen molar-refractivity contribution in [2.75, 3.05) is 18.4 Å². The lowest BCUT2D eigenvalue weighted by Crippen LogP contribution is -2.49. The second-order valence-corrected chi connectivity index (χ2v) is 6.85. The molecule has 4 rings (SSSR count). The van der Waals surface area contributed by atoms with Gasteiger partial charge in [-0.25, -0.2) is 14.6 Å². The second-order valence-electron chi connectivity index (χ2n) is 6.85. The molecule has 0 saturated carbocycles. The maximum Gasteiger partial charge on any atom is 0.265 e. The Hall–Kier alpha value is -3.36. The van der Waals surface area contributed by atoms with Gasteiger partial charge in [0.05, 0.1) is 18.1 Å². The van der Waals surface area contributed by atoms with E-state index < -0.39 is 6.10 Å². The molecule has 1 aromatic carbocycles. The molecule has 2 unspecified atom stereocenters. The predicted octanol–water partition coefficient (Wildman–Crippen LogP) is 1.99. The molecule has 0 bridgehead atoms. The zero-order chi connectivity index (χ0) is 20.2. The summed E-state index contributed by atoms with van der Waals surface area (Å²) in [6.45, 7) is 5.63. The molecular formula is C20H24N6O3. The third-order valence-corrected chi connectivity index (χ3v) is 4.70. The molecular weight excluding hydrogens is 372 g/mol. The number of anilines is 1. The summed E-state index contributed by atoms with van der Waals surface area (Å²) in [6.07, 6.45) is 3.18. The highest BCUT2D eigenvalue weighted by Gasteiger charge is 2.33. The van der Waals surface area contributed by atoms with Gasteiger partial charge in [0.25, 0.3) is 5.91 Å². The Kier molecular flexibility index (Phi) is 5.46. The second kappa shape index (κ2) is 8.34. The molecule has 0 radical (unpaired) electrons. The Morgan fingerprint density at radius 1 is 1.17 bits per heavy atom. The molecule has 1 aliphatic rings. The van der Waals surface area contributed by atoms with Gasteiger partial charge < -0.3 is 20.1 Å². The van der Waals surface area contributed by atoms with Crippen LogP contribution in [0.1, 0.15) is 20.3 Å². The third kappa shape index (κ3) is 3.94. The molecule has 0 spiro atoms. The van der Waals surface area contributed by atoms with Crippen LogP contribution in [-0.4, -0.2) is 51.0 Å². The molecule has 0 saturated heterocycles. The number of carbonyl (C=O) groups excluding carboxylic acids is 1. The zero-order valence-electron chi connectivity index (χ0n) is 16.5. The number of rotatable bonds is 7. The first-order valence-corrected chi connectivity index (χ1v) is 9.78. The van der Waals surface area contributed by atoms with Gasteiger partial charge in [0.15, 0.2) is 17.1 Å². The SMILES string of the molecule is CCCNc1ncnc2c1cnn2CCNC(=O)C1Oc2ccccc2OC1C. The lowest BCUT2D eigenvalue weighted by Gasteiger charge is -2.31. The molecule has 29 heavy (non-hydrogen) atoms. The van der Waals surface area contributed by atoms with Crippen molar-refractivity contribution in [1.29, 1.82) is 0 Å². The number of amides is 1. The number of aromatic nitrogens is 4. The Morgan fingerprint density at radius 2 is 1.97 bits per heavy atom. The first kappa shape index (κ1) is 19.0. The summed E-state index contributed by atoms with van der Waals surface area (Å²) in [6, 6.07) is 7.34. The summed E-state index contributed by atoms with van der Waals surface area (Å²) in [5.74, 6) is 1.78. The summed E-state index contributed by atoms with van der Waals surface area (Å²) in [5, 5.41) is 11.4. The largest absolute Gasteiger partial charge is 0.482 e. The standard InChI is InChI=1S/C20H24N6O3/c1-3-8-21-18-14-11-25-26(19(14)24-12-23-18)10-9-22-20(27)17-13(2)28-15-6-4-5-7-16(15)29-17/h4-7,11-13,17H,3,8-10H2,1-2H3,(H,22,27)(H,21,23,24). The van der Waals surface area contributed by atoms with Crippen LogP contribution in [0.15, 0.2) is 36.8 Å². The van der Waals surface area contributed by atoms with Gasteiger partial charge in [-0.1, -0.05) is 19.1 Å². The van der Waals surface area contributed by atoms with E-state index in [1.165, 1.54) is 6.33 Å². The van der Waals surface area contributed by atoms with Crippen molar-refractivity contribution in [2.45, 2.75) is 39.0 Å².